The largest absolute Gasteiger partial charge is 0.459 e. The predicted molar refractivity (Wildman–Crippen MR) is 104 cm³/mol. The van der Waals surface area contributed by atoms with Gasteiger partial charge >= 0.3 is 5.97 Å². The zero-order chi connectivity index (χ0) is 19.2. The molecular formula is C23H26FNO2. The average Bonchev–Trinajstić information content (AvgIpc) is 3.42. The quantitative estimate of drug-likeness (QED) is 0.517. The first-order chi connectivity index (χ1) is 12.8. The molecule has 2 aliphatic carbocycles. The van der Waals surface area contributed by atoms with Gasteiger partial charge in [-0.25, -0.2) is 4.39 Å². The molecular weight excluding hydrogens is 341 g/mol. The highest BCUT2D eigenvalue weighted by Gasteiger charge is 2.55. The highest BCUT2D eigenvalue weighted by atomic mass is 19.1. The van der Waals surface area contributed by atoms with Gasteiger partial charge in [-0.1, -0.05) is 11.6 Å². The van der Waals surface area contributed by atoms with E-state index in [2.05, 4.69) is 11.1 Å². The number of esters is 1. The molecule has 0 saturated heterocycles. The van der Waals surface area contributed by atoms with Gasteiger partial charge in [0.15, 0.2) is 0 Å². The van der Waals surface area contributed by atoms with Crippen LogP contribution in [0.1, 0.15) is 64.4 Å². The van der Waals surface area contributed by atoms with E-state index in [1.807, 2.05) is 26.8 Å². The second-order valence-electron chi connectivity index (χ2n) is 8.85. The van der Waals surface area contributed by atoms with Crippen molar-refractivity contribution >= 4 is 16.9 Å². The molecule has 1 atom stereocenters. The molecule has 0 amide bonds. The van der Waals surface area contributed by atoms with Crippen LogP contribution in [-0.2, 0) is 9.53 Å². The topological polar surface area (TPSA) is 39.2 Å². The van der Waals surface area contributed by atoms with E-state index in [1.54, 1.807) is 18.3 Å². The fourth-order valence-electron chi connectivity index (χ4n) is 4.20. The number of carbonyl (C=O) groups excluding carboxylic acids is 1. The van der Waals surface area contributed by atoms with Gasteiger partial charge in [0.2, 0.25) is 0 Å². The molecule has 1 unspecified atom stereocenters. The van der Waals surface area contributed by atoms with Gasteiger partial charge in [0.1, 0.15) is 11.4 Å². The average molecular weight is 367 g/mol. The third kappa shape index (κ3) is 3.50. The number of rotatable bonds is 3. The van der Waals surface area contributed by atoms with Gasteiger partial charge in [-0.2, -0.15) is 0 Å². The van der Waals surface area contributed by atoms with Crippen molar-refractivity contribution < 1.29 is 13.9 Å². The van der Waals surface area contributed by atoms with Crippen LogP contribution in [0.2, 0.25) is 0 Å². The van der Waals surface area contributed by atoms with E-state index < -0.39 is 5.60 Å². The molecule has 27 heavy (non-hydrogen) atoms. The number of nitrogens with zero attached hydrogens (tertiary/aromatic N) is 1. The van der Waals surface area contributed by atoms with Gasteiger partial charge < -0.3 is 4.74 Å². The van der Waals surface area contributed by atoms with E-state index in [0.29, 0.717) is 5.92 Å². The summed E-state index contributed by atoms with van der Waals surface area (Å²) >= 11 is 0. The molecule has 1 heterocycles. The Kier molecular flexibility index (Phi) is 4.32. The summed E-state index contributed by atoms with van der Waals surface area (Å²) in [6.07, 6.45) is 8.54. The van der Waals surface area contributed by atoms with Crippen LogP contribution < -0.4 is 0 Å². The van der Waals surface area contributed by atoms with Crippen LogP contribution in [0.3, 0.4) is 0 Å². The minimum absolute atomic E-state index is 0.0730. The molecule has 0 spiro atoms. The maximum absolute atomic E-state index is 13.7. The second-order valence-corrected chi connectivity index (χ2v) is 8.85. The van der Waals surface area contributed by atoms with Crippen molar-refractivity contribution in [3.63, 3.8) is 0 Å². The molecule has 1 saturated carbocycles. The first-order valence-corrected chi connectivity index (χ1v) is 9.76. The van der Waals surface area contributed by atoms with Crippen molar-refractivity contribution in [1.29, 1.82) is 0 Å². The van der Waals surface area contributed by atoms with E-state index in [4.69, 9.17) is 4.74 Å². The summed E-state index contributed by atoms with van der Waals surface area (Å²) in [5.41, 5.74) is 2.38. The summed E-state index contributed by atoms with van der Waals surface area (Å²) in [6.45, 7) is 5.75. The molecule has 142 valence electrons. The van der Waals surface area contributed by atoms with Gasteiger partial charge in [-0.3, -0.25) is 9.78 Å². The Balaban J connectivity index is 1.56. The number of fused-ring (bicyclic) bond motifs is 1. The molecule has 0 N–H and O–H groups in total. The van der Waals surface area contributed by atoms with Crippen molar-refractivity contribution in [2.24, 2.45) is 5.41 Å². The third-order valence-electron chi connectivity index (χ3n) is 5.74. The molecule has 1 aromatic carbocycles. The minimum Gasteiger partial charge on any atom is -0.459 e. The van der Waals surface area contributed by atoms with Crippen LogP contribution >= 0.6 is 0 Å². The lowest BCUT2D eigenvalue weighted by molar-refractivity contribution is -0.160. The monoisotopic (exact) mass is 367 g/mol. The molecule has 0 bridgehead atoms. The number of aromatic nitrogens is 1. The van der Waals surface area contributed by atoms with Crippen LogP contribution in [0, 0.1) is 11.2 Å². The van der Waals surface area contributed by atoms with Crippen molar-refractivity contribution in [3.05, 3.63) is 53.5 Å². The van der Waals surface area contributed by atoms with E-state index >= 15 is 0 Å². The number of ether oxygens (including phenoxy) is 1. The standard InChI is InChI=1S/C23H26FNO2/c1-22(2,3)27-21(26)23(11-12-23)16-6-4-15(5-7-16)18-10-13-25-20-9-8-17(24)14-19(18)20/h6,8-10,13-15H,4-5,7,11-12H2,1-3H3. The second kappa shape index (κ2) is 6.43. The van der Waals surface area contributed by atoms with Gasteiger partial charge in [-0.05, 0) is 88.6 Å². The number of halogens is 1. The summed E-state index contributed by atoms with van der Waals surface area (Å²) in [5.74, 6) is 0.0252. The Labute approximate surface area is 159 Å². The molecule has 0 aliphatic heterocycles. The number of carbonyl (C=O) groups is 1. The van der Waals surface area contributed by atoms with Crippen LogP contribution in [0.4, 0.5) is 4.39 Å². The zero-order valence-corrected chi connectivity index (χ0v) is 16.2. The van der Waals surface area contributed by atoms with E-state index in [-0.39, 0.29) is 17.2 Å². The van der Waals surface area contributed by atoms with Crippen LogP contribution in [0.5, 0.6) is 0 Å². The lowest BCUT2D eigenvalue weighted by Crippen LogP contribution is -2.31. The highest BCUT2D eigenvalue weighted by molar-refractivity contribution is 5.85. The minimum atomic E-state index is -0.454. The predicted octanol–water partition coefficient (Wildman–Crippen LogP) is 5.69. The first-order valence-electron chi connectivity index (χ1n) is 9.76. The van der Waals surface area contributed by atoms with Crippen molar-refractivity contribution in [1.82, 2.24) is 4.98 Å². The van der Waals surface area contributed by atoms with E-state index in [1.165, 1.54) is 11.6 Å². The number of allylic oxidation sites excluding steroid dienone is 1. The summed E-state index contributed by atoms with van der Waals surface area (Å²) in [5, 5.41) is 0.896. The summed E-state index contributed by atoms with van der Waals surface area (Å²) in [4.78, 5) is 17.0. The number of hydrogen-bond donors (Lipinski definition) is 0. The Morgan fingerprint density at radius 1 is 1.26 bits per heavy atom. The van der Waals surface area contributed by atoms with Gasteiger partial charge in [0.05, 0.1) is 10.9 Å². The summed E-state index contributed by atoms with van der Waals surface area (Å²) in [7, 11) is 0. The Morgan fingerprint density at radius 2 is 2.04 bits per heavy atom. The van der Waals surface area contributed by atoms with Gasteiger partial charge in [0.25, 0.3) is 0 Å². The van der Waals surface area contributed by atoms with Crippen LogP contribution in [0.25, 0.3) is 10.9 Å². The van der Waals surface area contributed by atoms with E-state index in [0.717, 1.165) is 48.6 Å². The number of hydrogen-bond acceptors (Lipinski definition) is 3. The molecule has 2 aliphatic rings. The van der Waals surface area contributed by atoms with Gasteiger partial charge in [-0.15, -0.1) is 0 Å². The summed E-state index contributed by atoms with van der Waals surface area (Å²) in [6, 6.07) is 6.78. The SMILES string of the molecule is CC(C)(C)OC(=O)C1(C2=CCC(c3ccnc4ccc(F)cc34)CC2)CC1. The maximum atomic E-state index is 13.7. The van der Waals surface area contributed by atoms with E-state index in [9.17, 15) is 9.18 Å². The lowest BCUT2D eigenvalue weighted by Gasteiger charge is -2.29. The molecule has 4 heteroatoms. The fraction of sp³-hybridized carbons (Fsp3) is 0.478. The Hall–Kier alpha value is -2.23. The van der Waals surface area contributed by atoms with Crippen molar-refractivity contribution in [2.45, 2.75) is 64.4 Å². The van der Waals surface area contributed by atoms with Crippen LogP contribution in [-0.4, -0.2) is 16.6 Å². The zero-order valence-electron chi connectivity index (χ0n) is 16.2. The smallest absolute Gasteiger partial charge is 0.316 e. The normalized spacial score (nSPS) is 21.6. The number of benzene rings is 1. The third-order valence-corrected chi connectivity index (χ3v) is 5.74. The Morgan fingerprint density at radius 3 is 2.67 bits per heavy atom. The molecule has 2 aromatic rings. The molecule has 4 rings (SSSR count). The molecule has 0 radical (unpaired) electrons. The molecule has 1 aromatic heterocycles. The Bertz CT molecular complexity index is 922. The summed E-state index contributed by atoms with van der Waals surface area (Å²) < 4.78 is 19.4. The van der Waals surface area contributed by atoms with Crippen LogP contribution in [0.15, 0.2) is 42.1 Å². The molecule has 1 fully saturated rings. The lowest BCUT2D eigenvalue weighted by atomic mass is 9.78. The maximum Gasteiger partial charge on any atom is 0.316 e. The number of pyridine rings is 1. The fourth-order valence-corrected chi connectivity index (χ4v) is 4.20. The van der Waals surface area contributed by atoms with Crippen molar-refractivity contribution in [3.8, 4) is 0 Å². The molecule has 3 nitrogen and oxygen atoms in total. The first kappa shape index (κ1) is 18.1. The van der Waals surface area contributed by atoms with Crippen molar-refractivity contribution in [2.75, 3.05) is 0 Å². The highest BCUT2D eigenvalue weighted by Crippen LogP contribution is 2.56. The van der Waals surface area contributed by atoms with Gasteiger partial charge in [0, 0.05) is 11.6 Å².